The van der Waals surface area contributed by atoms with Crippen LogP contribution in [0.4, 0.5) is 0 Å². The number of rotatable bonds is 6. The molecule has 5 rings (SSSR count). The van der Waals surface area contributed by atoms with E-state index in [0.717, 1.165) is 30.4 Å². The maximum Gasteiger partial charge on any atom is 0.257 e. The summed E-state index contributed by atoms with van der Waals surface area (Å²) in [6.07, 6.45) is 2.70. The van der Waals surface area contributed by atoms with Gasteiger partial charge in [-0.05, 0) is 50.1 Å². The SMILES string of the molecule is Cc1nonc1COc1ccccc1C(=O)N1CCN(C)C[C@H](Cc2cccc3cccnc23)C1. The van der Waals surface area contributed by atoms with Crippen molar-refractivity contribution in [1.29, 1.82) is 0 Å². The molecule has 1 atom stereocenters. The number of pyridine rings is 1. The van der Waals surface area contributed by atoms with Crippen molar-refractivity contribution in [1.82, 2.24) is 25.1 Å². The summed E-state index contributed by atoms with van der Waals surface area (Å²) >= 11 is 0. The number of hydrogen-bond donors (Lipinski definition) is 0. The molecule has 180 valence electrons. The monoisotopic (exact) mass is 471 g/mol. The molecule has 1 amide bonds. The number of fused-ring (bicyclic) bond motifs is 1. The number of amides is 1. The Bertz CT molecular complexity index is 1320. The average molecular weight is 472 g/mol. The fraction of sp³-hybridized carbons (Fsp3) is 0.333. The number of nitrogens with zero attached hydrogens (tertiary/aromatic N) is 5. The molecule has 8 nitrogen and oxygen atoms in total. The summed E-state index contributed by atoms with van der Waals surface area (Å²) in [4.78, 5) is 22.6. The van der Waals surface area contributed by atoms with E-state index in [2.05, 4.69) is 51.5 Å². The Balaban J connectivity index is 1.35. The molecule has 1 aliphatic rings. The van der Waals surface area contributed by atoms with Crippen molar-refractivity contribution in [3.05, 3.63) is 83.3 Å². The van der Waals surface area contributed by atoms with Gasteiger partial charge in [0, 0.05) is 37.8 Å². The summed E-state index contributed by atoms with van der Waals surface area (Å²) in [6.45, 7) is 5.09. The Hall–Kier alpha value is -3.78. The van der Waals surface area contributed by atoms with E-state index in [1.807, 2.05) is 48.4 Å². The predicted octanol–water partition coefficient (Wildman–Crippen LogP) is 3.75. The van der Waals surface area contributed by atoms with Crippen molar-refractivity contribution in [2.75, 3.05) is 33.2 Å². The zero-order valence-corrected chi connectivity index (χ0v) is 20.1. The first-order chi connectivity index (χ1) is 17.1. The fourth-order valence-electron chi connectivity index (χ4n) is 4.71. The van der Waals surface area contributed by atoms with Crippen LogP contribution in [0.5, 0.6) is 5.75 Å². The van der Waals surface area contributed by atoms with Crippen LogP contribution >= 0.6 is 0 Å². The quantitative estimate of drug-likeness (QED) is 0.423. The number of benzene rings is 2. The van der Waals surface area contributed by atoms with Crippen LogP contribution in [0.25, 0.3) is 10.9 Å². The van der Waals surface area contributed by atoms with E-state index in [4.69, 9.17) is 9.37 Å². The molecule has 0 bridgehead atoms. The number of aromatic nitrogens is 3. The van der Waals surface area contributed by atoms with Crippen LogP contribution in [0.2, 0.25) is 0 Å². The number of hydrogen-bond acceptors (Lipinski definition) is 7. The first-order valence-electron chi connectivity index (χ1n) is 11.9. The van der Waals surface area contributed by atoms with E-state index in [1.54, 1.807) is 0 Å². The van der Waals surface area contributed by atoms with Gasteiger partial charge in [0.05, 0.1) is 11.1 Å². The summed E-state index contributed by atoms with van der Waals surface area (Å²) < 4.78 is 10.7. The number of ether oxygens (including phenoxy) is 1. The van der Waals surface area contributed by atoms with Gasteiger partial charge < -0.3 is 14.5 Å². The third-order valence-corrected chi connectivity index (χ3v) is 6.54. The number of carbonyl (C=O) groups excluding carboxylic acids is 1. The van der Waals surface area contributed by atoms with Crippen LogP contribution in [0, 0.1) is 12.8 Å². The average Bonchev–Trinajstić information content (AvgIpc) is 3.19. The van der Waals surface area contributed by atoms with Crippen LogP contribution in [0.15, 0.2) is 65.4 Å². The molecule has 8 heteroatoms. The Morgan fingerprint density at radius 3 is 2.77 bits per heavy atom. The summed E-state index contributed by atoms with van der Waals surface area (Å²) in [6, 6.07) is 17.8. The maximum atomic E-state index is 13.7. The highest BCUT2D eigenvalue weighted by Crippen LogP contribution is 2.25. The standard InChI is InChI=1S/C27H29N5O3/c1-19-24(30-35-29-19)18-34-25-11-4-3-10-23(25)27(33)32-14-13-31(2)16-20(17-32)15-22-8-5-7-21-9-6-12-28-26(21)22/h3-12,20H,13-18H2,1-2H3/t20-/m0/s1. The molecule has 1 aliphatic heterocycles. The van der Waals surface area contributed by atoms with Crippen LogP contribution in [0.3, 0.4) is 0 Å². The van der Waals surface area contributed by atoms with Crippen molar-refractivity contribution in [2.24, 2.45) is 5.92 Å². The van der Waals surface area contributed by atoms with Crippen LogP contribution < -0.4 is 4.74 Å². The lowest BCUT2D eigenvalue weighted by Crippen LogP contribution is -2.36. The van der Waals surface area contributed by atoms with Gasteiger partial charge in [-0.2, -0.15) is 0 Å². The maximum absolute atomic E-state index is 13.7. The van der Waals surface area contributed by atoms with E-state index < -0.39 is 0 Å². The molecule has 0 N–H and O–H groups in total. The molecule has 2 aromatic heterocycles. The molecule has 0 radical (unpaired) electrons. The predicted molar refractivity (Wildman–Crippen MR) is 132 cm³/mol. The number of aryl methyl sites for hydroxylation is 1. The van der Waals surface area contributed by atoms with Crippen molar-refractivity contribution < 1.29 is 14.2 Å². The van der Waals surface area contributed by atoms with Crippen LogP contribution in [0.1, 0.15) is 27.3 Å². The molecule has 2 aromatic carbocycles. The first kappa shape index (κ1) is 23.0. The highest BCUT2D eigenvalue weighted by atomic mass is 16.6. The normalized spacial score (nSPS) is 16.9. The lowest BCUT2D eigenvalue weighted by atomic mass is 9.96. The van der Waals surface area contributed by atoms with Gasteiger partial charge in [0.1, 0.15) is 23.7 Å². The van der Waals surface area contributed by atoms with Crippen LogP contribution in [-0.4, -0.2) is 64.2 Å². The smallest absolute Gasteiger partial charge is 0.257 e. The highest BCUT2D eigenvalue weighted by molar-refractivity contribution is 5.97. The van der Waals surface area contributed by atoms with E-state index in [0.29, 0.717) is 35.8 Å². The second kappa shape index (κ2) is 10.2. The third kappa shape index (κ3) is 5.17. The minimum atomic E-state index is -0.0213. The molecule has 0 unspecified atom stereocenters. The first-order valence-corrected chi connectivity index (χ1v) is 11.9. The molecule has 0 aliphatic carbocycles. The molecule has 0 spiro atoms. The van der Waals surface area contributed by atoms with Gasteiger partial charge in [-0.25, -0.2) is 4.63 Å². The molecule has 1 fully saturated rings. The summed E-state index contributed by atoms with van der Waals surface area (Å²) in [5.41, 5.74) is 4.10. The van der Waals surface area contributed by atoms with E-state index >= 15 is 0 Å². The largest absolute Gasteiger partial charge is 0.486 e. The summed E-state index contributed by atoms with van der Waals surface area (Å²) in [7, 11) is 2.12. The lowest BCUT2D eigenvalue weighted by molar-refractivity contribution is 0.0741. The zero-order valence-electron chi connectivity index (χ0n) is 20.1. The van der Waals surface area contributed by atoms with Gasteiger partial charge >= 0.3 is 0 Å². The molecular formula is C27H29N5O3. The highest BCUT2D eigenvalue weighted by Gasteiger charge is 2.27. The zero-order chi connectivity index (χ0) is 24.2. The lowest BCUT2D eigenvalue weighted by Gasteiger charge is -2.25. The second-order valence-corrected chi connectivity index (χ2v) is 9.16. The molecule has 0 saturated carbocycles. The van der Waals surface area contributed by atoms with E-state index in [-0.39, 0.29) is 18.4 Å². The fourth-order valence-corrected chi connectivity index (χ4v) is 4.71. The van der Waals surface area contributed by atoms with Gasteiger partial charge in [0.25, 0.3) is 5.91 Å². The van der Waals surface area contributed by atoms with E-state index in [1.165, 1.54) is 5.56 Å². The summed E-state index contributed by atoms with van der Waals surface area (Å²) in [5, 5.41) is 8.80. The second-order valence-electron chi connectivity index (χ2n) is 9.16. The van der Waals surface area contributed by atoms with Gasteiger partial charge in [0.2, 0.25) is 0 Å². The van der Waals surface area contributed by atoms with Crippen molar-refractivity contribution in [3.8, 4) is 5.75 Å². The molecular weight excluding hydrogens is 442 g/mol. The Morgan fingerprint density at radius 1 is 1.06 bits per heavy atom. The van der Waals surface area contributed by atoms with Gasteiger partial charge in [0.15, 0.2) is 0 Å². The van der Waals surface area contributed by atoms with Crippen LogP contribution in [-0.2, 0) is 13.0 Å². The topological polar surface area (TPSA) is 84.6 Å². The molecule has 4 aromatic rings. The van der Waals surface area contributed by atoms with Gasteiger partial charge in [-0.1, -0.05) is 46.7 Å². The minimum absolute atomic E-state index is 0.0213. The van der Waals surface area contributed by atoms with Crippen molar-refractivity contribution in [2.45, 2.75) is 20.0 Å². The Labute approximate surface area is 204 Å². The Morgan fingerprint density at radius 2 is 1.91 bits per heavy atom. The molecule has 3 heterocycles. The van der Waals surface area contributed by atoms with Crippen molar-refractivity contribution in [3.63, 3.8) is 0 Å². The summed E-state index contributed by atoms with van der Waals surface area (Å²) in [5.74, 6) is 0.801. The number of carbonyl (C=O) groups is 1. The molecule has 1 saturated heterocycles. The van der Waals surface area contributed by atoms with Gasteiger partial charge in [-0.15, -0.1) is 0 Å². The minimum Gasteiger partial charge on any atom is -0.486 e. The van der Waals surface area contributed by atoms with E-state index in [9.17, 15) is 4.79 Å². The Kier molecular flexibility index (Phi) is 6.72. The third-order valence-electron chi connectivity index (χ3n) is 6.54. The number of para-hydroxylation sites is 2. The number of likely N-dealkylation sites (N-methyl/N-ethyl adjacent to an activating group) is 1. The van der Waals surface area contributed by atoms with Gasteiger partial charge in [-0.3, -0.25) is 9.78 Å². The molecule has 35 heavy (non-hydrogen) atoms. The van der Waals surface area contributed by atoms with Crippen molar-refractivity contribution >= 4 is 16.8 Å².